The van der Waals surface area contributed by atoms with Gasteiger partial charge in [0.05, 0.1) is 18.3 Å². The molecule has 0 spiro atoms. The van der Waals surface area contributed by atoms with Crippen molar-refractivity contribution >= 4 is 29.1 Å². The lowest BCUT2D eigenvalue weighted by molar-refractivity contribution is -0.136. The summed E-state index contributed by atoms with van der Waals surface area (Å²) >= 11 is 2.63. The summed E-state index contributed by atoms with van der Waals surface area (Å²) in [5.41, 5.74) is 0.520. The van der Waals surface area contributed by atoms with Crippen molar-refractivity contribution in [3.8, 4) is 0 Å². The minimum atomic E-state index is -0.910. The molecule has 2 aromatic heterocycles. The lowest BCUT2D eigenvalue weighted by atomic mass is 10.3. The molecule has 0 fully saturated rings. The summed E-state index contributed by atoms with van der Waals surface area (Å²) in [6, 6.07) is 2.87. The number of thiazole rings is 1. The van der Waals surface area contributed by atoms with E-state index in [-0.39, 0.29) is 12.2 Å². The maximum Gasteiger partial charge on any atom is 0.309 e. The maximum atomic E-state index is 12.6. The molecule has 0 radical (unpaired) electrons. The van der Waals surface area contributed by atoms with Gasteiger partial charge < -0.3 is 5.11 Å². The lowest BCUT2D eigenvalue weighted by Crippen LogP contribution is -1.99. The molecule has 0 aromatic carbocycles. The topological polar surface area (TPSA) is 63.1 Å². The van der Waals surface area contributed by atoms with Crippen LogP contribution in [0.1, 0.15) is 5.69 Å². The highest BCUT2D eigenvalue weighted by atomic mass is 32.2. The molecule has 17 heavy (non-hydrogen) atoms. The van der Waals surface area contributed by atoms with Crippen molar-refractivity contribution < 1.29 is 14.3 Å². The number of hydrogen-bond acceptors (Lipinski definition) is 5. The van der Waals surface area contributed by atoms with Crippen LogP contribution in [0.25, 0.3) is 0 Å². The van der Waals surface area contributed by atoms with Gasteiger partial charge in [-0.3, -0.25) is 4.79 Å². The molecule has 0 amide bonds. The van der Waals surface area contributed by atoms with Gasteiger partial charge in [0.2, 0.25) is 0 Å². The Kier molecular flexibility index (Phi) is 3.70. The summed E-state index contributed by atoms with van der Waals surface area (Å²) in [4.78, 5) is 18.5. The van der Waals surface area contributed by atoms with E-state index in [1.54, 1.807) is 11.4 Å². The molecular weight excluding hydrogens is 263 g/mol. The minimum Gasteiger partial charge on any atom is -0.481 e. The molecule has 0 aliphatic rings. The molecular formula is C10H7FN2O2S2. The van der Waals surface area contributed by atoms with Gasteiger partial charge in [0, 0.05) is 5.38 Å². The van der Waals surface area contributed by atoms with Gasteiger partial charge in [0.1, 0.15) is 10.8 Å². The smallest absolute Gasteiger partial charge is 0.309 e. The number of aromatic nitrogens is 2. The summed E-state index contributed by atoms with van der Waals surface area (Å²) in [7, 11) is 0. The number of carbonyl (C=O) groups is 1. The zero-order valence-electron chi connectivity index (χ0n) is 8.46. The molecule has 0 saturated heterocycles. The number of pyridine rings is 1. The summed E-state index contributed by atoms with van der Waals surface area (Å²) in [5, 5.41) is 10.9. The molecule has 2 heterocycles. The molecule has 7 heteroatoms. The first-order chi connectivity index (χ1) is 8.13. The van der Waals surface area contributed by atoms with Gasteiger partial charge in [-0.25, -0.2) is 14.4 Å². The highest BCUT2D eigenvalue weighted by Crippen LogP contribution is 2.28. The number of carboxylic acid groups (broad SMARTS) is 1. The first kappa shape index (κ1) is 12.0. The van der Waals surface area contributed by atoms with Crippen molar-refractivity contribution in [3.63, 3.8) is 0 Å². The van der Waals surface area contributed by atoms with Crippen molar-refractivity contribution in [2.75, 3.05) is 0 Å². The van der Waals surface area contributed by atoms with Crippen molar-refractivity contribution in [1.29, 1.82) is 0 Å². The molecule has 4 nitrogen and oxygen atoms in total. The van der Waals surface area contributed by atoms with Crippen LogP contribution in [0.15, 0.2) is 33.1 Å². The van der Waals surface area contributed by atoms with Crippen LogP contribution in [0.2, 0.25) is 0 Å². The zero-order chi connectivity index (χ0) is 12.3. The Labute approximate surface area is 105 Å². The Hall–Kier alpha value is -1.47. The fourth-order valence-electron chi connectivity index (χ4n) is 1.08. The van der Waals surface area contributed by atoms with Crippen LogP contribution in [0.5, 0.6) is 0 Å². The standard InChI is InChI=1S/C10H7FN2O2S2/c11-6-1-2-8(12-4-6)17-10-13-7(5-16-10)3-9(14)15/h1-2,4-5H,3H2,(H,14,15). The molecule has 1 N–H and O–H groups in total. The Bertz CT molecular complexity index is 527. The monoisotopic (exact) mass is 270 g/mol. The number of carboxylic acids is 1. The van der Waals surface area contributed by atoms with E-state index in [1.807, 2.05) is 0 Å². The third kappa shape index (κ3) is 3.50. The molecule has 2 rings (SSSR count). The summed E-state index contributed by atoms with van der Waals surface area (Å²) in [5.74, 6) is -1.30. The van der Waals surface area contributed by atoms with Crippen LogP contribution in [0.3, 0.4) is 0 Å². The minimum absolute atomic E-state index is 0.0894. The molecule has 88 valence electrons. The van der Waals surface area contributed by atoms with E-state index < -0.39 is 5.97 Å². The second-order valence-electron chi connectivity index (χ2n) is 3.09. The quantitative estimate of drug-likeness (QED) is 0.924. The number of halogens is 1. The fourth-order valence-corrected chi connectivity index (χ4v) is 2.80. The van der Waals surface area contributed by atoms with Gasteiger partial charge in [-0.1, -0.05) is 0 Å². The second-order valence-corrected chi connectivity index (χ2v) is 5.22. The molecule has 0 aliphatic heterocycles. The van der Waals surface area contributed by atoms with E-state index in [4.69, 9.17) is 5.11 Å². The first-order valence-electron chi connectivity index (χ1n) is 4.59. The number of rotatable bonds is 4. The highest BCUT2D eigenvalue weighted by Gasteiger charge is 2.08. The third-order valence-electron chi connectivity index (χ3n) is 1.76. The third-order valence-corrected chi connectivity index (χ3v) is 3.69. The average Bonchev–Trinajstić information content (AvgIpc) is 2.68. The Morgan fingerprint density at radius 2 is 2.35 bits per heavy atom. The van der Waals surface area contributed by atoms with Gasteiger partial charge in [-0.2, -0.15) is 0 Å². The fraction of sp³-hybridized carbons (Fsp3) is 0.100. The maximum absolute atomic E-state index is 12.6. The van der Waals surface area contributed by atoms with Gasteiger partial charge in [0.15, 0.2) is 4.34 Å². The molecule has 0 bridgehead atoms. The predicted molar refractivity (Wildman–Crippen MR) is 61.8 cm³/mol. The average molecular weight is 270 g/mol. The number of nitrogens with zero attached hydrogens (tertiary/aromatic N) is 2. The molecule has 0 aliphatic carbocycles. The lowest BCUT2D eigenvalue weighted by Gasteiger charge is -1.95. The number of hydrogen-bond donors (Lipinski definition) is 1. The van der Waals surface area contributed by atoms with E-state index in [2.05, 4.69) is 9.97 Å². The van der Waals surface area contributed by atoms with Crippen LogP contribution < -0.4 is 0 Å². The van der Waals surface area contributed by atoms with Crippen molar-refractivity contribution in [2.24, 2.45) is 0 Å². The zero-order valence-corrected chi connectivity index (χ0v) is 10.1. The van der Waals surface area contributed by atoms with Crippen LogP contribution in [-0.2, 0) is 11.2 Å². The normalized spacial score (nSPS) is 10.4. The van der Waals surface area contributed by atoms with Gasteiger partial charge >= 0.3 is 5.97 Å². The highest BCUT2D eigenvalue weighted by molar-refractivity contribution is 8.01. The summed E-state index contributed by atoms with van der Waals surface area (Å²) in [6.45, 7) is 0. The van der Waals surface area contributed by atoms with Gasteiger partial charge in [-0.05, 0) is 23.9 Å². The van der Waals surface area contributed by atoms with E-state index in [0.29, 0.717) is 15.1 Å². The molecule has 2 aromatic rings. The van der Waals surface area contributed by atoms with E-state index in [0.717, 1.165) is 6.20 Å². The summed E-state index contributed by atoms with van der Waals surface area (Å²) in [6.07, 6.45) is 1.04. The summed E-state index contributed by atoms with van der Waals surface area (Å²) < 4.78 is 13.3. The van der Waals surface area contributed by atoms with Gasteiger partial charge in [0.25, 0.3) is 0 Å². The Morgan fingerprint density at radius 1 is 1.53 bits per heavy atom. The largest absolute Gasteiger partial charge is 0.481 e. The Balaban J connectivity index is 2.06. The van der Waals surface area contributed by atoms with Crippen LogP contribution >= 0.6 is 23.1 Å². The SMILES string of the molecule is O=C(O)Cc1csc(Sc2ccc(F)cn2)n1. The molecule has 0 unspecified atom stereocenters. The predicted octanol–water partition coefficient (Wildman–Crippen LogP) is 2.46. The van der Waals surface area contributed by atoms with Gasteiger partial charge in [-0.15, -0.1) is 11.3 Å². The van der Waals surface area contributed by atoms with Crippen molar-refractivity contribution in [3.05, 3.63) is 35.2 Å². The van der Waals surface area contributed by atoms with E-state index in [1.165, 1.54) is 29.2 Å². The first-order valence-corrected chi connectivity index (χ1v) is 6.29. The number of aliphatic carboxylic acids is 1. The second kappa shape index (κ2) is 5.24. The van der Waals surface area contributed by atoms with Crippen LogP contribution in [-0.4, -0.2) is 21.0 Å². The van der Waals surface area contributed by atoms with E-state index in [9.17, 15) is 9.18 Å². The van der Waals surface area contributed by atoms with Crippen LogP contribution in [0.4, 0.5) is 4.39 Å². The Morgan fingerprint density at radius 3 is 3.00 bits per heavy atom. The molecule has 0 saturated carbocycles. The molecule has 0 atom stereocenters. The van der Waals surface area contributed by atoms with Crippen molar-refractivity contribution in [2.45, 2.75) is 15.8 Å². The van der Waals surface area contributed by atoms with Crippen molar-refractivity contribution in [1.82, 2.24) is 9.97 Å². The van der Waals surface area contributed by atoms with E-state index >= 15 is 0 Å². The van der Waals surface area contributed by atoms with Crippen LogP contribution in [0, 0.1) is 5.82 Å².